The summed E-state index contributed by atoms with van der Waals surface area (Å²) in [5, 5.41) is 3.53. The van der Waals surface area contributed by atoms with Crippen LogP contribution in [0.3, 0.4) is 0 Å². The molecule has 0 heterocycles. The number of likely N-dealkylation sites (N-methyl/N-ethyl adjacent to an activating group) is 1. The van der Waals surface area contributed by atoms with Crippen LogP contribution in [0.2, 0.25) is 0 Å². The molecule has 1 unspecified atom stereocenters. The van der Waals surface area contributed by atoms with Crippen LogP contribution in [0.4, 0.5) is 4.79 Å². The maximum absolute atomic E-state index is 11.9. The van der Waals surface area contributed by atoms with E-state index in [9.17, 15) is 4.79 Å². The van der Waals surface area contributed by atoms with E-state index in [0.717, 1.165) is 25.1 Å². The van der Waals surface area contributed by atoms with Crippen LogP contribution in [0, 0.1) is 0 Å². The topological polar surface area (TPSA) is 50.8 Å². The van der Waals surface area contributed by atoms with Gasteiger partial charge in [-0.15, -0.1) is 0 Å². The van der Waals surface area contributed by atoms with Crippen LogP contribution in [0.15, 0.2) is 18.2 Å². The van der Waals surface area contributed by atoms with Crippen molar-refractivity contribution in [2.75, 3.05) is 27.2 Å². The number of hydrogen-bond acceptors (Lipinski definition) is 4. The lowest BCUT2D eigenvalue weighted by molar-refractivity contribution is 0.0299. The molecule has 0 fully saturated rings. The third kappa shape index (κ3) is 4.86. The van der Waals surface area contributed by atoms with Crippen molar-refractivity contribution in [3.8, 4) is 5.75 Å². The first kappa shape index (κ1) is 17.6. The number of hydrogen-bond donors (Lipinski definition) is 1. The molecule has 1 aliphatic rings. The van der Waals surface area contributed by atoms with Crippen LogP contribution in [0.5, 0.6) is 5.75 Å². The minimum absolute atomic E-state index is 0.284. The van der Waals surface area contributed by atoms with Crippen molar-refractivity contribution >= 4 is 6.09 Å². The van der Waals surface area contributed by atoms with Gasteiger partial charge in [0.1, 0.15) is 11.4 Å². The first-order valence-electron chi connectivity index (χ1n) is 8.14. The molecular formula is C18H28N2O3. The van der Waals surface area contributed by atoms with E-state index in [-0.39, 0.29) is 6.09 Å². The van der Waals surface area contributed by atoms with E-state index in [1.54, 1.807) is 19.1 Å². The summed E-state index contributed by atoms with van der Waals surface area (Å²) in [4.78, 5) is 13.5. The average molecular weight is 320 g/mol. The average Bonchev–Trinajstić information content (AvgIpc) is 2.87. The molecule has 5 heteroatoms. The monoisotopic (exact) mass is 320 g/mol. The molecule has 2 rings (SSSR count). The van der Waals surface area contributed by atoms with Gasteiger partial charge in [-0.25, -0.2) is 4.79 Å². The number of rotatable bonds is 5. The van der Waals surface area contributed by atoms with Gasteiger partial charge < -0.3 is 19.7 Å². The highest BCUT2D eigenvalue weighted by molar-refractivity contribution is 5.67. The first-order chi connectivity index (χ1) is 10.8. The highest BCUT2D eigenvalue weighted by Gasteiger charge is 2.23. The standard InChI is InChI=1S/C18H28N2O3/c1-18(2,3)23-17(21)20(4)11-10-19-16-9-7-13-6-8-14(22-5)12-15(13)16/h6,8,12,16,19H,7,9-11H2,1-5H3. The fraction of sp³-hybridized carbons (Fsp3) is 0.611. The molecule has 5 nitrogen and oxygen atoms in total. The quantitative estimate of drug-likeness (QED) is 0.905. The largest absolute Gasteiger partial charge is 0.497 e. The summed E-state index contributed by atoms with van der Waals surface area (Å²) in [5.41, 5.74) is 2.23. The minimum atomic E-state index is -0.459. The number of benzene rings is 1. The molecule has 0 aliphatic heterocycles. The van der Waals surface area contributed by atoms with E-state index in [4.69, 9.17) is 9.47 Å². The van der Waals surface area contributed by atoms with E-state index in [0.29, 0.717) is 12.6 Å². The van der Waals surface area contributed by atoms with E-state index < -0.39 is 5.60 Å². The Balaban J connectivity index is 1.83. The van der Waals surface area contributed by atoms with Gasteiger partial charge in [-0.2, -0.15) is 0 Å². The molecule has 0 saturated heterocycles. The third-order valence-electron chi connectivity index (χ3n) is 3.97. The Morgan fingerprint density at radius 2 is 2.13 bits per heavy atom. The predicted octanol–water partition coefficient (Wildman–Crippen LogP) is 3.14. The summed E-state index contributed by atoms with van der Waals surface area (Å²) in [5.74, 6) is 0.892. The van der Waals surface area contributed by atoms with Crippen molar-refractivity contribution < 1.29 is 14.3 Å². The van der Waals surface area contributed by atoms with Gasteiger partial charge in [0, 0.05) is 26.2 Å². The van der Waals surface area contributed by atoms with Crippen LogP contribution in [-0.2, 0) is 11.2 Å². The third-order valence-corrected chi connectivity index (χ3v) is 3.97. The predicted molar refractivity (Wildman–Crippen MR) is 90.9 cm³/mol. The summed E-state index contributed by atoms with van der Waals surface area (Å²) >= 11 is 0. The van der Waals surface area contributed by atoms with Crippen LogP contribution in [0.1, 0.15) is 44.4 Å². The molecule has 1 amide bonds. The first-order valence-corrected chi connectivity index (χ1v) is 8.14. The Hall–Kier alpha value is -1.75. The van der Waals surface area contributed by atoms with Crippen LogP contribution < -0.4 is 10.1 Å². The number of fused-ring (bicyclic) bond motifs is 1. The van der Waals surface area contributed by atoms with Crippen molar-refractivity contribution in [3.63, 3.8) is 0 Å². The molecule has 0 spiro atoms. The number of methoxy groups -OCH3 is 1. The van der Waals surface area contributed by atoms with Gasteiger partial charge in [0.15, 0.2) is 0 Å². The van der Waals surface area contributed by atoms with Gasteiger partial charge in [-0.1, -0.05) is 6.07 Å². The Morgan fingerprint density at radius 1 is 1.39 bits per heavy atom. The summed E-state index contributed by atoms with van der Waals surface area (Å²) in [6, 6.07) is 6.59. The molecule has 128 valence electrons. The second-order valence-corrected chi connectivity index (χ2v) is 7.01. The lowest BCUT2D eigenvalue weighted by Crippen LogP contribution is -2.38. The molecule has 0 bridgehead atoms. The Kier molecular flexibility index (Phi) is 5.52. The Morgan fingerprint density at radius 3 is 2.78 bits per heavy atom. The van der Waals surface area contributed by atoms with Crippen molar-refractivity contribution in [1.29, 1.82) is 0 Å². The summed E-state index contributed by atoms with van der Waals surface area (Å²) in [7, 11) is 3.45. The normalized spacial score (nSPS) is 16.8. The number of nitrogens with zero attached hydrogens (tertiary/aromatic N) is 1. The number of aryl methyl sites for hydroxylation is 1. The van der Waals surface area contributed by atoms with E-state index in [2.05, 4.69) is 17.4 Å². The molecule has 0 saturated carbocycles. The summed E-state index contributed by atoms with van der Waals surface area (Å²) in [6.45, 7) is 6.97. The van der Waals surface area contributed by atoms with E-state index >= 15 is 0 Å². The highest BCUT2D eigenvalue weighted by atomic mass is 16.6. The zero-order valence-electron chi connectivity index (χ0n) is 14.8. The Labute approximate surface area is 139 Å². The van der Waals surface area contributed by atoms with Crippen LogP contribution >= 0.6 is 0 Å². The molecule has 1 atom stereocenters. The SMILES string of the molecule is COc1ccc2c(c1)C(NCCN(C)C(=O)OC(C)(C)C)CC2. The van der Waals surface area contributed by atoms with Crippen LogP contribution in [0.25, 0.3) is 0 Å². The molecule has 23 heavy (non-hydrogen) atoms. The van der Waals surface area contributed by atoms with Gasteiger partial charge >= 0.3 is 6.09 Å². The van der Waals surface area contributed by atoms with Gasteiger partial charge in [0.05, 0.1) is 7.11 Å². The Bertz CT molecular complexity index is 552. The molecule has 0 radical (unpaired) electrons. The number of carbonyl (C=O) groups is 1. The highest BCUT2D eigenvalue weighted by Crippen LogP contribution is 2.33. The second kappa shape index (κ2) is 7.21. The number of nitrogens with one attached hydrogen (secondary N) is 1. The fourth-order valence-corrected chi connectivity index (χ4v) is 2.76. The molecule has 1 N–H and O–H groups in total. The van der Waals surface area contributed by atoms with Crippen molar-refractivity contribution in [1.82, 2.24) is 10.2 Å². The maximum atomic E-state index is 11.9. The second-order valence-electron chi connectivity index (χ2n) is 7.01. The maximum Gasteiger partial charge on any atom is 0.410 e. The molecule has 0 aromatic heterocycles. The molecule has 1 aromatic rings. The van der Waals surface area contributed by atoms with Gasteiger partial charge in [-0.3, -0.25) is 0 Å². The molecule has 1 aromatic carbocycles. The molecule has 1 aliphatic carbocycles. The number of carbonyl (C=O) groups excluding carboxylic acids is 1. The zero-order valence-corrected chi connectivity index (χ0v) is 14.8. The smallest absolute Gasteiger partial charge is 0.410 e. The minimum Gasteiger partial charge on any atom is -0.497 e. The van der Waals surface area contributed by atoms with E-state index in [1.165, 1.54) is 11.1 Å². The lowest BCUT2D eigenvalue weighted by Gasteiger charge is -2.25. The lowest BCUT2D eigenvalue weighted by atomic mass is 10.1. The van der Waals surface area contributed by atoms with Crippen molar-refractivity contribution in [2.24, 2.45) is 0 Å². The van der Waals surface area contributed by atoms with Gasteiger partial charge in [0.25, 0.3) is 0 Å². The van der Waals surface area contributed by atoms with Crippen LogP contribution in [-0.4, -0.2) is 43.8 Å². The molecular weight excluding hydrogens is 292 g/mol. The zero-order chi connectivity index (χ0) is 17.0. The number of amides is 1. The number of ether oxygens (including phenoxy) is 2. The summed E-state index contributed by atoms with van der Waals surface area (Å²) in [6.07, 6.45) is 1.88. The summed E-state index contributed by atoms with van der Waals surface area (Å²) < 4.78 is 10.7. The van der Waals surface area contributed by atoms with Crippen molar-refractivity contribution in [2.45, 2.75) is 45.3 Å². The van der Waals surface area contributed by atoms with Crippen molar-refractivity contribution in [3.05, 3.63) is 29.3 Å². The van der Waals surface area contributed by atoms with E-state index in [1.807, 2.05) is 26.8 Å². The van der Waals surface area contributed by atoms with Gasteiger partial charge in [0.2, 0.25) is 0 Å². The van der Waals surface area contributed by atoms with Gasteiger partial charge in [-0.05, 0) is 56.9 Å². The fourth-order valence-electron chi connectivity index (χ4n) is 2.76.